The van der Waals surface area contributed by atoms with Crippen LogP contribution in [0.3, 0.4) is 0 Å². The van der Waals surface area contributed by atoms with Gasteiger partial charge in [-0.3, -0.25) is 14.4 Å². The molecule has 8 heteroatoms. The molecule has 0 fully saturated rings. The molecule has 0 aliphatic heterocycles. The lowest BCUT2D eigenvalue weighted by atomic mass is 10.1. The van der Waals surface area contributed by atoms with Gasteiger partial charge in [-0.15, -0.1) is 0 Å². The summed E-state index contributed by atoms with van der Waals surface area (Å²) in [6.45, 7) is 0.213. The zero-order chi connectivity index (χ0) is 20.4. The zero-order valence-electron chi connectivity index (χ0n) is 15.2. The molecule has 3 rings (SSSR count). The lowest BCUT2D eigenvalue weighted by Crippen LogP contribution is -2.36. The van der Waals surface area contributed by atoms with Crippen LogP contribution in [0, 0.1) is 5.82 Å². The molecule has 28 heavy (non-hydrogen) atoms. The van der Waals surface area contributed by atoms with Crippen LogP contribution in [-0.2, 0) is 6.54 Å². The minimum absolute atomic E-state index is 0.00290. The minimum Gasteiger partial charge on any atom is -0.505 e. The Morgan fingerprint density at radius 1 is 1.04 bits per heavy atom. The predicted octanol–water partition coefficient (Wildman–Crippen LogP) is 2.18. The molecule has 0 aliphatic carbocycles. The van der Waals surface area contributed by atoms with Gasteiger partial charge in [0, 0.05) is 20.6 Å². The standard InChI is InChI=1S/C20H18FN3O4/c1-24(2)20(28)13-4-3-5-14(17(13)25)23-16-15(18(26)19(16)27)22-10-11-6-8-12(21)9-7-11/h3-9,22-23,25H,10H2,1-2H3. The Hall–Kier alpha value is -3.68. The molecule has 1 amide bonds. The highest BCUT2D eigenvalue weighted by Gasteiger charge is 2.23. The Morgan fingerprint density at radius 3 is 2.32 bits per heavy atom. The van der Waals surface area contributed by atoms with E-state index in [0.29, 0.717) is 0 Å². The third-order valence-corrected chi connectivity index (χ3v) is 4.23. The largest absolute Gasteiger partial charge is 0.505 e. The number of hydrogen-bond acceptors (Lipinski definition) is 6. The van der Waals surface area contributed by atoms with Crippen molar-refractivity contribution in [2.45, 2.75) is 6.54 Å². The average Bonchev–Trinajstić information content (AvgIpc) is 2.68. The summed E-state index contributed by atoms with van der Waals surface area (Å²) in [7, 11) is 3.10. The van der Waals surface area contributed by atoms with E-state index in [9.17, 15) is 23.9 Å². The summed E-state index contributed by atoms with van der Waals surface area (Å²) in [5.41, 5.74) is -0.439. The van der Waals surface area contributed by atoms with Gasteiger partial charge in [0.15, 0.2) is 5.75 Å². The van der Waals surface area contributed by atoms with Crippen molar-refractivity contribution in [3.05, 3.63) is 79.9 Å². The number of rotatable bonds is 6. The first-order valence-electron chi connectivity index (χ1n) is 8.42. The Kier molecular flexibility index (Phi) is 5.12. The first-order chi connectivity index (χ1) is 13.3. The number of halogens is 1. The fourth-order valence-electron chi connectivity index (χ4n) is 2.66. The van der Waals surface area contributed by atoms with Crippen molar-refractivity contribution in [1.82, 2.24) is 4.90 Å². The van der Waals surface area contributed by atoms with Crippen molar-refractivity contribution >= 4 is 23.0 Å². The van der Waals surface area contributed by atoms with Gasteiger partial charge in [0.2, 0.25) is 0 Å². The van der Waals surface area contributed by atoms with E-state index in [1.54, 1.807) is 32.3 Å². The van der Waals surface area contributed by atoms with Crippen molar-refractivity contribution in [1.29, 1.82) is 0 Å². The summed E-state index contributed by atoms with van der Waals surface area (Å²) < 4.78 is 13.0. The summed E-state index contributed by atoms with van der Waals surface area (Å²) in [6.07, 6.45) is 0. The van der Waals surface area contributed by atoms with Gasteiger partial charge >= 0.3 is 0 Å². The highest BCUT2D eigenvalue weighted by Crippen LogP contribution is 2.32. The van der Waals surface area contributed by atoms with Crippen molar-refractivity contribution in [2.75, 3.05) is 24.7 Å². The van der Waals surface area contributed by atoms with Crippen LogP contribution in [0.4, 0.5) is 21.5 Å². The second-order valence-corrected chi connectivity index (χ2v) is 6.41. The summed E-state index contributed by atoms with van der Waals surface area (Å²) in [5, 5.41) is 15.9. The van der Waals surface area contributed by atoms with Gasteiger partial charge in [-0.2, -0.15) is 0 Å². The van der Waals surface area contributed by atoms with Gasteiger partial charge < -0.3 is 20.6 Å². The molecule has 0 saturated heterocycles. The molecule has 3 aromatic carbocycles. The molecule has 0 spiro atoms. The van der Waals surface area contributed by atoms with Crippen LogP contribution >= 0.6 is 0 Å². The summed E-state index contributed by atoms with van der Waals surface area (Å²) in [5.74, 6) is -1.10. The Morgan fingerprint density at radius 2 is 1.68 bits per heavy atom. The van der Waals surface area contributed by atoms with Gasteiger partial charge in [-0.25, -0.2) is 4.39 Å². The molecule has 0 heterocycles. The Labute approximate surface area is 159 Å². The second kappa shape index (κ2) is 7.51. The van der Waals surface area contributed by atoms with Gasteiger partial charge in [-0.1, -0.05) is 18.2 Å². The summed E-state index contributed by atoms with van der Waals surface area (Å²) in [4.78, 5) is 37.3. The zero-order valence-corrected chi connectivity index (χ0v) is 15.2. The number of hydrogen-bond donors (Lipinski definition) is 3. The van der Waals surface area contributed by atoms with Crippen LogP contribution in [0.1, 0.15) is 15.9 Å². The van der Waals surface area contributed by atoms with E-state index >= 15 is 0 Å². The molecule has 0 bridgehead atoms. The number of anilines is 3. The van der Waals surface area contributed by atoms with Crippen molar-refractivity contribution in [3.63, 3.8) is 0 Å². The fraction of sp³-hybridized carbons (Fsp3) is 0.150. The predicted molar refractivity (Wildman–Crippen MR) is 104 cm³/mol. The number of phenols is 1. The number of nitrogens with zero attached hydrogens (tertiary/aromatic N) is 1. The van der Waals surface area contributed by atoms with E-state index in [1.165, 1.54) is 29.2 Å². The van der Waals surface area contributed by atoms with Crippen molar-refractivity contribution < 1.29 is 14.3 Å². The normalized spacial score (nSPS) is 10.7. The minimum atomic E-state index is -0.731. The third kappa shape index (κ3) is 3.57. The molecule has 0 radical (unpaired) electrons. The van der Waals surface area contributed by atoms with Gasteiger partial charge in [0.05, 0.1) is 11.3 Å². The molecule has 0 saturated carbocycles. The average molecular weight is 383 g/mol. The van der Waals surface area contributed by atoms with Gasteiger partial charge in [0.25, 0.3) is 16.8 Å². The number of nitrogens with one attached hydrogen (secondary N) is 2. The van der Waals surface area contributed by atoms with E-state index in [0.717, 1.165) is 5.56 Å². The van der Waals surface area contributed by atoms with E-state index < -0.39 is 16.8 Å². The number of aromatic hydroxyl groups is 1. The lowest BCUT2D eigenvalue weighted by Gasteiger charge is -2.17. The van der Waals surface area contributed by atoms with E-state index in [1.807, 2.05) is 0 Å². The summed E-state index contributed by atoms with van der Waals surface area (Å²) >= 11 is 0. The Bertz CT molecular complexity index is 1100. The monoisotopic (exact) mass is 383 g/mol. The number of benzene rings is 2. The van der Waals surface area contributed by atoms with Crippen molar-refractivity contribution in [3.8, 4) is 5.75 Å². The van der Waals surface area contributed by atoms with Crippen molar-refractivity contribution in [2.24, 2.45) is 0 Å². The van der Waals surface area contributed by atoms with Gasteiger partial charge in [0.1, 0.15) is 17.2 Å². The first-order valence-corrected chi connectivity index (χ1v) is 8.42. The Balaban J connectivity index is 1.83. The highest BCUT2D eigenvalue weighted by atomic mass is 19.1. The molecule has 3 N–H and O–H groups in total. The molecular formula is C20H18FN3O4. The highest BCUT2D eigenvalue weighted by molar-refractivity contribution is 5.99. The van der Waals surface area contributed by atoms with Gasteiger partial charge in [-0.05, 0) is 29.8 Å². The lowest BCUT2D eigenvalue weighted by molar-refractivity contribution is 0.0824. The van der Waals surface area contributed by atoms with Crippen LogP contribution < -0.4 is 21.5 Å². The maximum Gasteiger partial charge on any atom is 0.257 e. The molecule has 144 valence electrons. The van der Waals surface area contributed by atoms with E-state index in [-0.39, 0.29) is 40.7 Å². The molecule has 0 unspecified atom stereocenters. The maximum atomic E-state index is 13.0. The third-order valence-electron chi connectivity index (χ3n) is 4.23. The maximum absolute atomic E-state index is 13.0. The first kappa shape index (κ1) is 19.1. The smallest absolute Gasteiger partial charge is 0.257 e. The number of carbonyl (C=O) groups excluding carboxylic acids is 1. The van der Waals surface area contributed by atoms with Crippen LogP contribution in [0.2, 0.25) is 0 Å². The van der Waals surface area contributed by atoms with E-state index in [4.69, 9.17) is 0 Å². The molecule has 0 aromatic heterocycles. The molecule has 3 aromatic rings. The topological polar surface area (TPSA) is 98.7 Å². The molecule has 0 aliphatic rings. The van der Waals surface area contributed by atoms with Crippen LogP contribution in [0.25, 0.3) is 0 Å². The number of phenolic OH excluding ortho intramolecular Hbond substituents is 1. The summed E-state index contributed by atoms with van der Waals surface area (Å²) in [6, 6.07) is 10.2. The molecule has 0 atom stereocenters. The van der Waals surface area contributed by atoms with Crippen LogP contribution in [-0.4, -0.2) is 30.0 Å². The van der Waals surface area contributed by atoms with E-state index in [2.05, 4.69) is 10.6 Å². The SMILES string of the molecule is CN(C)C(=O)c1cccc(Nc2c(NCc3ccc(F)cc3)c(=O)c2=O)c1O. The molecule has 7 nitrogen and oxygen atoms in total. The second-order valence-electron chi connectivity index (χ2n) is 6.41. The number of amides is 1. The number of carbonyl (C=O) groups is 1. The quantitative estimate of drug-likeness (QED) is 0.446. The fourth-order valence-corrected chi connectivity index (χ4v) is 2.66. The number of para-hydroxylation sites is 1. The molecular weight excluding hydrogens is 365 g/mol. The van der Waals surface area contributed by atoms with Crippen LogP contribution in [0.15, 0.2) is 52.1 Å². The van der Waals surface area contributed by atoms with Crippen LogP contribution in [0.5, 0.6) is 5.75 Å².